The van der Waals surface area contributed by atoms with Crippen molar-refractivity contribution < 1.29 is 14.6 Å². The van der Waals surface area contributed by atoms with Gasteiger partial charge in [0.2, 0.25) is 0 Å². The van der Waals surface area contributed by atoms with Crippen molar-refractivity contribution >= 4 is 17.5 Å². The van der Waals surface area contributed by atoms with E-state index in [2.05, 4.69) is 15.4 Å². The SMILES string of the molecule is COCc1nn(-c2ccc(Cl)c(C(=O)NC(O)C3CCCCCC3)c2)c(=O)[nH]1. The van der Waals surface area contributed by atoms with E-state index in [9.17, 15) is 14.7 Å². The second-order valence-corrected chi connectivity index (χ2v) is 7.46. The quantitative estimate of drug-likeness (QED) is 0.502. The molecule has 2 aromatic rings. The molecule has 8 nitrogen and oxygen atoms in total. The monoisotopic (exact) mass is 408 g/mol. The summed E-state index contributed by atoms with van der Waals surface area (Å²) in [5.41, 5.74) is 0.122. The van der Waals surface area contributed by atoms with E-state index in [0.717, 1.165) is 43.2 Å². The number of aromatic amines is 1. The van der Waals surface area contributed by atoms with Gasteiger partial charge in [0.05, 0.1) is 16.3 Å². The van der Waals surface area contributed by atoms with Crippen LogP contribution in [0.1, 0.15) is 54.7 Å². The summed E-state index contributed by atoms with van der Waals surface area (Å²) < 4.78 is 6.11. The minimum Gasteiger partial charge on any atom is -0.377 e. The van der Waals surface area contributed by atoms with Crippen LogP contribution in [0.15, 0.2) is 23.0 Å². The maximum atomic E-state index is 12.7. The number of rotatable bonds is 6. The van der Waals surface area contributed by atoms with Crippen molar-refractivity contribution in [2.45, 2.75) is 51.4 Å². The number of nitrogens with one attached hydrogen (secondary N) is 2. The largest absolute Gasteiger partial charge is 0.377 e. The Bertz CT molecular complexity index is 871. The minimum absolute atomic E-state index is 0.0407. The summed E-state index contributed by atoms with van der Waals surface area (Å²) in [6.45, 7) is 0.163. The molecule has 1 fully saturated rings. The fourth-order valence-electron chi connectivity index (χ4n) is 3.52. The Kier molecular flexibility index (Phi) is 6.88. The number of H-pyrrole nitrogens is 1. The van der Waals surface area contributed by atoms with Gasteiger partial charge in [0.1, 0.15) is 12.8 Å². The highest BCUT2D eigenvalue weighted by Crippen LogP contribution is 2.25. The number of carbonyl (C=O) groups excluding carboxylic acids is 1. The number of hydrogen-bond donors (Lipinski definition) is 3. The number of methoxy groups -OCH3 is 1. The smallest absolute Gasteiger partial charge is 0.348 e. The van der Waals surface area contributed by atoms with Crippen LogP contribution >= 0.6 is 11.6 Å². The Morgan fingerprint density at radius 2 is 2.11 bits per heavy atom. The summed E-state index contributed by atoms with van der Waals surface area (Å²) in [5, 5.41) is 17.5. The zero-order chi connectivity index (χ0) is 20.1. The number of nitrogens with zero attached hydrogens (tertiary/aromatic N) is 2. The lowest BCUT2D eigenvalue weighted by atomic mass is 9.98. The number of halogens is 1. The van der Waals surface area contributed by atoms with Gasteiger partial charge in [0.15, 0.2) is 5.82 Å². The standard InChI is InChI=1S/C19H25ClN4O4/c1-28-11-16-21-19(27)24(23-16)13-8-9-15(20)14(10-13)18(26)22-17(25)12-6-4-2-3-5-7-12/h8-10,12,17,25H,2-7,11H2,1H3,(H,22,26)(H,21,23,27). The molecule has 3 N–H and O–H groups in total. The van der Waals surface area contributed by atoms with Crippen LogP contribution in [0.3, 0.4) is 0 Å². The van der Waals surface area contributed by atoms with E-state index < -0.39 is 17.8 Å². The maximum absolute atomic E-state index is 12.7. The van der Waals surface area contributed by atoms with Gasteiger partial charge in [-0.15, -0.1) is 5.10 Å². The van der Waals surface area contributed by atoms with Gasteiger partial charge in [-0.2, -0.15) is 4.68 Å². The zero-order valence-electron chi connectivity index (χ0n) is 15.8. The first-order valence-electron chi connectivity index (χ1n) is 9.45. The lowest BCUT2D eigenvalue weighted by Crippen LogP contribution is -2.40. The molecule has 1 unspecified atom stereocenters. The van der Waals surface area contributed by atoms with Crippen molar-refractivity contribution in [1.29, 1.82) is 0 Å². The molecule has 1 aliphatic carbocycles. The summed E-state index contributed by atoms with van der Waals surface area (Å²) >= 11 is 6.19. The Morgan fingerprint density at radius 1 is 1.39 bits per heavy atom. The Labute approximate surface area is 167 Å². The number of hydrogen-bond acceptors (Lipinski definition) is 5. The molecule has 0 saturated heterocycles. The van der Waals surface area contributed by atoms with Crippen molar-refractivity contribution in [2.75, 3.05) is 7.11 Å². The Balaban J connectivity index is 1.79. The van der Waals surface area contributed by atoms with Crippen LogP contribution in [0.2, 0.25) is 5.02 Å². The van der Waals surface area contributed by atoms with E-state index in [4.69, 9.17) is 16.3 Å². The third-order valence-corrected chi connectivity index (χ3v) is 5.34. The molecule has 0 bridgehead atoms. The second-order valence-electron chi connectivity index (χ2n) is 7.06. The number of aliphatic hydroxyl groups is 1. The van der Waals surface area contributed by atoms with E-state index in [0.29, 0.717) is 11.5 Å². The Hall–Kier alpha value is -2.16. The van der Waals surface area contributed by atoms with Crippen molar-refractivity contribution in [1.82, 2.24) is 20.1 Å². The molecule has 0 aliphatic heterocycles. The number of aromatic nitrogens is 3. The lowest BCUT2D eigenvalue weighted by molar-refractivity contribution is 0.0532. The third-order valence-electron chi connectivity index (χ3n) is 5.01. The summed E-state index contributed by atoms with van der Waals surface area (Å²) in [4.78, 5) is 27.4. The average molecular weight is 409 g/mol. The topological polar surface area (TPSA) is 109 Å². The summed E-state index contributed by atoms with van der Waals surface area (Å²) in [6, 6.07) is 4.61. The van der Waals surface area contributed by atoms with E-state index in [-0.39, 0.29) is 23.1 Å². The van der Waals surface area contributed by atoms with Crippen LogP contribution in [-0.4, -0.2) is 39.1 Å². The number of amides is 1. The van der Waals surface area contributed by atoms with Crippen molar-refractivity contribution in [3.8, 4) is 5.69 Å². The minimum atomic E-state index is -0.924. The van der Waals surface area contributed by atoms with Crippen LogP contribution in [0, 0.1) is 5.92 Å². The first-order valence-corrected chi connectivity index (χ1v) is 9.83. The van der Waals surface area contributed by atoms with Crippen LogP contribution in [0.5, 0.6) is 0 Å². The normalized spacial score (nSPS) is 16.5. The number of carbonyl (C=O) groups is 1. The van der Waals surface area contributed by atoms with E-state index in [1.807, 2.05) is 0 Å². The predicted molar refractivity (Wildman–Crippen MR) is 105 cm³/mol. The predicted octanol–water partition coefficient (Wildman–Crippen LogP) is 2.38. The van der Waals surface area contributed by atoms with E-state index in [1.165, 1.54) is 19.2 Å². The molecule has 28 heavy (non-hydrogen) atoms. The molecule has 1 amide bonds. The number of ether oxygens (including phenoxy) is 1. The highest BCUT2D eigenvalue weighted by Gasteiger charge is 2.24. The molecule has 1 aromatic carbocycles. The molecule has 1 aliphatic rings. The van der Waals surface area contributed by atoms with Crippen molar-refractivity contribution in [3.05, 3.63) is 45.1 Å². The van der Waals surface area contributed by atoms with Crippen LogP contribution in [0.25, 0.3) is 5.69 Å². The summed E-state index contributed by atoms with van der Waals surface area (Å²) in [7, 11) is 1.50. The highest BCUT2D eigenvalue weighted by atomic mass is 35.5. The van der Waals surface area contributed by atoms with Gasteiger partial charge in [-0.3, -0.25) is 9.78 Å². The van der Waals surface area contributed by atoms with Crippen LogP contribution in [0.4, 0.5) is 0 Å². The van der Waals surface area contributed by atoms with Gasteiger partial charge < -0.3 is 15.2 Å². The van der Waals surface area contributed by atoms with Crippen LogP contribution < -0.4 is 11.0 Å². The molecule has 1 aromatic heterocycles. The number of benzene rings is 1. The second kappa shape index (κ2) is 9.36. The summed E-state index contributed by atoms with van der Waals surface area (Å²) in [5.74, 6) is -0.0690. The van der Waals surface area contributed by atoms with Crippen LogP contribution in [-0.2, 0) is 11.3 Å². The molecular weight excluding hydrogens is 384 g/mol. The Morgan fingerprint density at radius 3 is 2.79 bits per heavy atom. The van der Waals surface area contributed by atoms with Gasteiger partial charge in [0.25, 0.3) is 5.91 Å². The van der Waals surface area contributed by atoms with Gasteiger partial charge in [-0.1, -0.05) is 37.3 Å². The average Bonchev–Trinajstić information content (AvgIpc) is 2.86. The molecular formula is C19H25ClN4O4. The molecule has 0 spiro atoms. The first-order chi connectivity index (χ1) is 13.5. The molecule has 1 saturated carbocycles. The molecule has 0 radical (unpaired) electrons. The van der Waals surface area contributed by atoms with Gasteiger partial charge in [0, 0.05) is 13.0 Å². The van der Waals surface area contributed by atoms with Gasteiger partial charge in [-0.05, 0) is 31.0 Å². The number of aliphatic hydroxyl groups excluding tert-OH is 1. The molecule has 1 heterocycles. The lowest BCUT2D eigenvalue weighted by Gasteiger charge is -2.22. The van der Waals surface area contributed by atoms with Gasteiger partial charge >= 0.3 is 5.69 Å². The van der Waals surface area contributed by atoms with Gasteiger partial charge in [-0.25, -0.2) is 4.79 Å². The van der Waals surface area contributed by atoms with Crippen molar-refractivity contribution in [2.24, 2.45) is 5.92 Å². The highest BCUT2D eigenvalue weighted by molar-refractivity contribution is 6.33. The zero-order valence-corrected chi connectivity index (χ0v) is 16.5. The molecule has 9 heteroatoms. The first kappa shape index (κ1) is 20.6. The third kappa shape index (κ3) is 4.81. The molecule has 1 atom stereocenters. The fraction of sp³-hybridized carbons (Fsp3) is 0.526. The summed E-state index contributed by atoms with van der Waals surface area (Å²) in [6.07, 6.45) is 5.29. The molecule has 152 valence electrons. The van der Waals surface area contributed by atoms with E-state index >= 15 is 0 Å². The fourth-order valence-corrected chi connectivity index (χ4v) is 3.72. The molecule has 3 rings (SSSR count). The maximum Gasteiger partial charge on any atom is 0.348 e. The van der Waals surface area contributed by atoms with E-state index in [1.54, 1.807) is 6.07 Å². The van der Waals surface area contributed by atoms with Crippen molar-refractivity contribution in [3.63, 3.8) is 0 Å².